The summed E-state index contributed by atoms with van der Waals surface area (Å²) in [7, 11) is 0. The summed E-state index contributed by atoms with van der Waals surface area (Å²) in [5, 5.41) is 3.58. The molecule has 2 unspecified atom stereocenters. The minimum Gasteiger partial charge on any atom is -0.398 e. The van der Waals surface area contributed by atoms with Crippen LogP contribution in [-0.4, -0.2) is 6.04 Å². The molecule has 0 aromatic heterocycles. The molecular weight excluding hydrogens is 264 g/mol. The van der Waals surface area contributed by atoms with Crippen LogP contribution in [0.5, 0.6) is 0 Å². The molecule has 16 heavy (non-hydrogen) atoms. The number of nitrogen functional groups attached to an aromatic ring is 1. The van der Waals surface area contributed by atoms with Gasteiger partial charge in [0.05, 0.1) is 0 Å². The zero-order valence-corrected chi connectivity index (χ0v) is 11.5. The molecule has 0 saturated heterocycles. The lowest BCUT2D eigenvalue weighted by molar-refractivity contribution is 0.693. The first kappa shape index (κ1) is 11.8. The first-order valence-electron chi connectivity index (χ1n) is 5.94. The molecule has 1 aliphatic carbocycles. The molecule has 88 valence electrons. The van der Waals surface area contributed by atoms with Crippen LogP contribution in [0.25, 0.3) is 0 Å². The van der Waals surface area contributed by atoms with Crippen molar-refractivity contribution in [3.05, 3.63) is 22.2 Å². The predicted molar refractivity (Wildman–Crippen MR) is 73.7 cm³/mol. The van der Waals surface area contributed by atoms with Crippen LogP contribution in [0.3, 0.4) is 0 Å². The number of aryl methyl sites for hydroxylation is 1. The van der Waals surface area contributed by atoms with Gasteiger partial charge in [0.25, 0.3) is 0 Å². The zero-order valence-electron chi connectivity index (χ0n) is 9.89. The quantitative estimate of drug-likeness (QED) is 0.821. The van der Waals surface area contributed by atoms with Crippen molar-refractivity contribution in [2.75, 3.05) is 11.1 Å². The molecule has 0 bridgehead atoms. The number of nitrogens with two attached hydrogens (primary N) is 1. The van der Waals surface area contributed by atoms with Gasteiger partial charge in [0.1, 0.15) is 0 Å². The van der Waals surface area contributed by atoms with Crippen LogP contribution in [-0.2, 0) is 0 Å². The SMILES string of the molecule is CCCC1CC1Nc1cc(C)c(N)cc1Br. The Balaban J connectivity index is 2.03. The molecule has 0 heterocycles. The Kier molecular flexibility index (Phi) is 3.43. The first-order chi connectivity index (χ1) is 7.61. The highest BCUT2D eigenvalue weighted by Gasteiger charge is 2.36. The van der Waals surface area contributed by atoms with E-state index in [1.807, 2.05) is 13.0 Å². The van der Waals surface area contributed by atoms with E-state index in [9.17, 15) is 0 Å². The average molecular weight is 283 g/mol. The molecule has 1 saturated carbocycles. The summed E-state index contributed by atoms with van der Waals surface area (Å²) >= 11 is 3.55. The van der Waals surface area contributed by atoms with Crippen molar-refractivity contribution in [3.63, 3.8) is 0 Å². The number of halogens is 1. The lowest BCUT2D eigenvalue weighted by atomic mass is 10.2. The van der Waals surface area contributed by atoms with Gasteiger partial charge in [0.15, 0.2) is 0 Å². The maximum atomic E-state index is 5.85. The lowest BCUT2D eigenvalue weighted by Gasteiger charge is -2.11. The second-order valence-corrected chi connectivity index (χ2v) is 5.58. The Morgan fingerprint density at radius 1 is 1.50 bits per heavy atom. The molecule has 0 spiro atoms. The molecule has 0 radical (unpaired) electrons. The third-order valence-corrected chi connectivity index (χ3v) is 3.93. The highest BCUT2D eigenvalue weighted by molar-refractivity contribution is 9.10. The van der Waals surface area contributed by atoms with Crippen LogP contribution in [0.4, 0.5) is 11.4 Å². The number of hydrogen-bond donors (Lipinski definition) is 2. The zero-order chi connectivity index (χ0) is 11.7. The summed E-state index contributed by atoms with van der Waals surface area (Å²) in [5.41, 5.74) is 9.01. The van der Waals surface area contributed by atoms with Gasteiger partial charge in [-0.1, -0.05) is 13.3 Å². The Hall–Kier alpha value is -0.700. The van der Waals surface area contributed by atoms with Crippen molar-refractivity contribution < 1.29 is 0 Å². The highest BCUT2D eigenvalue weighted by Crippen LogP contribution is 2.39. The van der Waals surface area contributed by atoms with Gasteiger partial charge in [-0.3, -0.25) is 0 Å². The Bertz CT molecular complexity index is 390. The Labute approximate surface area is 106 Å². The van der Waals surface area contributed by atoms with Crippen molar-refractivity contribution in [2.24, 2.45) is 5.92 Å². The monoisotopic (exact) mass is 282 g/mol. The second kappa shape index (κ2) is 4.66. The summed E-state index contributed by atoms with van der Waals surface area (Å²) in [6, 6.07) is 4.77. The van der Waals surface area contributed by atoms with E-state index in [1.54, 1.807) is 0 Å². The Morgan fingerprint density at radius 3 is 2.94 bits per heavy atom. The molecule has 2 rings (SSSR count). The van der Waals surface area contributed by atoms with Crippen LogP contribution in [0.1, 0.15) is 31.7 Å². The fourth-order valence-electron chi connectivity index (χ4n) is 2.12. The number of hydrogen-bond acceptors (Lipinski definition) is 2. The molecular formula is C13H19BrN2. The van der Waals surface area contributed by atoms with Crippen LogP contribution in [0, 0.1) is 12.8 Å². The van der Waals surface area contributed by atoms with Gasteiger partial charge in [-0.05, 0) is 59.3 Å². The van der Waals surface area contributed by atoms with E-state index in [-0.39, 0.29) is 0 Å². The molecule has 2 nitrogen and oxygen atoms in total. The van der Waals surface area contributed by atoms with Crippen molar-refractivity contribution in [1.82, 2.24) is 0 Å². The smallest absolute Gasteiger partial charge is 0.0491 e. The standard InChI is InChI=1S/C13H19BrN2/c1-3-4-9-6-12(9)16-13-5-8(2)11(15)7-10(13)14/h5,7,9,12,16H,3-4,6,15H2,1-2H3. The number of nitrogens with one attached hydrogen (secondary N) is 1. The van der Waals surface area contributed by atoms with Crippen molar-refractivity contribution in [1.29, 1.82) is 0 Å². The number of benzene rings is 1. The fraction of sp³-hybridized carbons (Fsp3) is 0.538. The van der Waals surface area contributed by atoms with Gasteiger partial charge in [-0.15, -0.1) is 0 Å². The largest absolute Gasteiger partial charge is 0.398 e. The highest BCUT2D eigenvalue weighted by atomic mass is 79.9. The normalized spacial score (nSPS) is 23.2. The lowest BCUT2D eigenvalue weighted by Crippen LogP contribution is -2.06. The minimum absolute atomic E-state index is 0.666. The minimum atomic E-state index is 0.666. The number of rotatable bonds is 4. The molecule has 2 atom stereocenters. The van der Waals surface area contributed by atoms with Gasteiger partial charge in [0.2, 0.25) is 0 Å². The van der Waals surface area contributed by atoms with E-state index in [0.29, 0.717) is 6.04 Å². The fourth-order valence-corrected chi connectivity index (χ4v) is 2.60. The molecule has 1 aromatic rings. The summed E-state index contributed by atoms with van der Waals surface area (Å²) in [6.07, 6.45) is 3.93. The van der Waals surface area contributed by atoms with Gasteiger partial charge in [-0.25, -0.2) is 0 Å². The molecule has 0 amide bonds. The van der Waals surface area contributed by atoms with E-state index < -0.39 is 0 Å². The third-order valence-electron chi connectivity index (χ3n) is 3.28. The van der Waals surface area contributed by atoms with E-state index in [0.717, 1.165) is 21.6 Å². The van der Waals surface area contributed by atoms with E-state index in [1.165, 1.54) is 24.9 Å². The predicted octanol–water partition coefficient (Wildman–Crippen LogP) is 3.94. The maximum absolute atomic E-state index is 5.85. The average Bonchev–Trinajstić information content (AvgIpc) is 2.94. The van der Waals surface area contributed by atoms with Gasteiger partial charge in [0, 0.05) is 21.9 Å². The summed E-state index contributed by atoms with van der Waals surface area (Å²) in [4.78, 5) is 0. The second-order valence-electron chi connectivity index (χ2n) is 4.72. The maximum Gasteiger partial charge on any atom is 0.0491 e. The van der Waals surface area contributed by atoms with Crippen molar-refractivity contribution >= 4 is 27.3 Å². The van der Waals surface area contributed by atoms with Crippen molar-refractivity contribution in [2.45, 2.75) is 39.2 Å². The third kappa shape index (κ3) is 2.51. The van der Waals surface area contributed by atoms with E-state index in [2.05, 4.69) is 34.2 Å². The van der Waals surface area contributed by atoms with Crippen LogP contribution >= 0.6 is 15.9 Å². The summed E-state index contributed by atoms with van der Waals surface area (Å²) in [5.74, 6) is 0.870. The Morgan fingerprint density at radius 2 is 2.25 bits per heavy atom. The van der Waals surface area contributed by atoms with Crippen LogP contribution in [0.15, 0.2) is 16.6 Å². The molecule has 1 fully saturated rings. The van der Waals surface area contributed by atoms with Gasteiger partial charge in [-0.2, -0.15) is 0 Å². The van der Waals surface area contributed by atoms with Crippen LogP contribution in [0.2, 0.25) is 0 Å². The van der Waals surface area contributed by atoms with E-state index in [4.69, 9.17) is 5.73 Å². The molecule has 1 aromatic carbocycles. The number of anilines is 2. The summed E-state index contributed by atoms with van der Waals surface area (Å²) in [6.45, 7) is 4.29. The van der Waals surface area contributed by atoms with E-state index >= 15 is 0 Å². The van der Waals surface area contributed by atoms with Gasteiger partial charge < -0.3 is 11.1 Å². The molecule has 3 heteroatoms. The first-order valence-corrected chi connectivity index (χ1v) is 6.73. The topological polar surface area (TPSA) is 38.0 Å². The molecule has 3 N–H and O–H groups in total. The van der Waals surface area contributed by atoms with Gasteiger partial charge >= 0.3 is 0 Å². The molecule has 1 aliphatic rings. The van der Waals surface area contributed by atoms with Crippen LogP contribution < -0.4 is 11.1 Å². The van der Waals surface area contributed by atoms with Crippen molar-refractivity contribution in [3.8, 4) is 0 Å². The molecule has 0 aliphatic heterocycles. The summed E-state index contributed by atoms with van der Waals surface area (Å²) < 4.78 is 1.07.